The minimum absolute atomic E-state index is 0.0173. The third-order valence-corrected chi connectivity index (χ3v) is 8.06. The highest BCUT2D eigenvalue weighted by Crippen LogP contribution is 2.29. The van der Waals surface area contributed by atoms with E-state index in [0.717, 1.165) is 27.3 Å². The van der Waals surface area contributed by atoms with Crippen LogP contribution in [0.15, 0.2) is 83.1 Å². The number of hydrogen-bond acceptors (Lipinski definition) is 5. The predicted molar refractivity (Wildman–Crippen MR) is 137 cm³/mol. The number of likely N-dealkylation sites (tertiary alicyclic amines) is 1. The quantitative estimate of drug-likeness (QED) is 0.294. The highest BCUT2D eigenvalue weighted by molar-refractivity contribution is 8.01. The van der Waals surface area contributed by atoms with Crippen LogP contribution in [0.2, 0.25) is 0 Å². The highest BCUT2D eigenvalue weighted by atomic mass is 32.2. The van der Waals surface area contributed by atoms with Gasteiger partial charge in [-0.1, -0.05) is 66.7 Å². The Morgan fingerprint density at radius 3 is 2.68 bits per heavy atom. The van der Waals surface area contributed by atoms with E-state index in [2.05, 4.69) is 24.3 Å². The smallest absolute Gasteiger partial charge is 0.345 e. The van der Waals surface area contributed by atoms with Crippen LogP contribution in [0.3, 0.4) is 0 Å². The maximum absolute atomic E-state index is 12.4. The van der Waals surface area contributed by atoms with E-state index in [4.69, 9.17) is 5.11 Å². The minimum atomic E-state index is -0.915. The van der Waals surface area contributed by atoms with E-state index in [-0.39, 0.29) is 11.9 Å². The van der Waals surface area contributed by atoms with Gasteiger partial charge in [0.25, 0.3) is 0 Å². The minimum Gasteiger partial charge on any atom is -0.477 e. The summed E-state index contributed by atoms with van der Waals surface area (Å²) < 4.78 is 0.935. The first-order valence-electron chi connectivity index (χ1n) is 11.3. The molecule has 1 amide bonds. The van der Waals surface area contributed by atoms with Gasteiger partial charge in [0, 0.05) is 25.1 Å². The van der Waals surface area contributed by atoms with Gasteiger partial charge in [0.2, 0.25) is 5.91 Å². The van der Waals surface area contributed by atoms with Gasteiger partial charge in [-0.3, -0.25) is 4.79 Å². The van der Waals surface area contributed by atoms with Gasteiger partial charge in [0.05, 0.1) is 16.4 Å². The highest BCUT2D eigenvalue weighted by Gasteiger charge is 2.28. The number of carbonyl (C=O) groups is 2. The van der Waals surface area contributed by atoms with Gasteiger partial charge in [0.15, 0.2) is 0 Å². The molecule has 1 saturated heterocycles. The number of carboxylic acid groups (broad SMARTS) is 1. The van der Waals surface area contributed by atoms with Crippen molar-refractivity contribution >= 4 is 35.0 Å². The van der Waals surface area contributed by atoms with E-state index >= 15 is 0 Å². The van der Waals surface area contributed by atoms with Gasteiger partial charge >= 0.3 is 5.97 Å². The molecule has 1 aliphatic heterocycles. The van der Waals surface area contributed by atoms with Crippen LogP contribution in [0, 0.1) is 0 Å². The fourth-order valence-electron chi connectivity index (χ4n) is 4.08. The van der Waals surface area contributed by atoms with Crippen molar-refractivity contribution in [2.45, 2.75) is 35.6 Å². The number of rotatable bonds is 10. The second-order valence-electron chi connectivity index (χ2n) is 8.19. The number of aliphatic hydroxyl groups excluding tert-OH is 1. The Hall–Kier alpha value is -2.87. The molecule has 1 aromatic heterocycles. The van der Waals surface area contributed by atoms with Crippen LogP contribution in [0.1, 0.15) is 28.1 Å². The SMILES string of the molecule is O=C(O)c1ccc(SCCN2C(=O)CC[C@@H]2/C=C/[C@@H](O)Cc2cccc(-c3ccccc3)c2)s1. The summed E-state index contributed by atoms with van der Waals surface area (Å²) in [7, 11) is 0. The molecule has 2 atom stereocenters. The third kappa shape index (κ3) is 6.38. The first-order valence-corrected chi connectivity index (χ1v) is 13.1. The third-order valence-electron chi connectivity index (χ3n) is 5.78. The number of thioether (sulfide) groups is 1. The van der Waals surface area contributed by atoms with Gasteiger partial charge in [0.1, 0.15) is 4.88 Å². The monoisotopic (exact) mass is 493 g/mol. The summed E-state index contributed by atoms with van der Waals surface area (Å²) >= 11 is 2.82. The molecule has 2 aromatic carbocycles. The molecule has 0 bridgehead atoms. The summed E-state index contributed by atoms with van der Waals surface area (Å²) in [5.74, 6) is -0.0929. The van der Waals surface area contributed by atoms with Crippen LogP contribution in [0.5, 0.6) is 0 Å². The molecule has 34 heavy (non-hydrogen) atoms. The number of amides is 1. The lowest BCUT2D eigenvalue weighted by Gasteiger charge is -2.22. The van der Waals surface area contributed by atoms with Crippen molar-refractivity contribution in [1.29, 1.82) is 0 Å². The van der Waals surface area contributed by atoms with Gasteiger partial charge in [-0.05, 0) is 35.2 Å². The second kappa shape index (κ2) is 11.5. The Kier molecular flexibility index (Phi) is 8.21. The summed E-state index contributed by atoms with van der Waals surface area (Å²) in [4.78, 5) is 25.6. The summed E-state index contributed by atoms with van der Waals surface area (Å²) in [5, 5.41) is 19.7. The average Bonchev–Trinajstić information content (AvgIpc) is 3.46. The number of hydrogen-bond donors (Lipinski definition) is 2. The normalized spacial score (nSPS) is 16.9. The van der Waals surface area contributed by atoms with Gasteiger partial charge in [-0.15, -0.1) is 23.1 Å². The number of carbonyl (C=O) groups excluding carboxylic acids is 1. The predicted octanol–water partition coefficient (Wildman–Crippen LogP) is 5.36. The number of carboxylic acids is 1. The van der Waals surface area contributed by atoms with Crippen molar-refractivity contribution in [2.24, 2.45) is 0 Å². The molecular formula is C27H27NO4S2. The molecule has 0 saturated carbocycles. The molecule has 0 aliphatic carbocycles. The van der Waals surface area contributed by atoms with Gasteiger partial charge in [-0.2, -0.15) is 0 Å². The Balaban J connectivity index is 1.31. The van der Waals surface area contributed by atoms with Crippen molar-refractivity contribution in [2.75, 3.05) is 12.3 Å². The lowest BCUT2D eigenvalue weighted by molar-refractivity contribution is -0.128. The molecule has 1 aliphatic rings. The Morgan fingerprint density at radius 2 is 1.91 bits per heavy atom. The van der Waals surface area contributed by atoms with Crippen LogP contribution in [-0.4, -0.2) is 51.4 Å². The fourth-order valence-corrected chi connectivity index (χ4v) is 6.06. The summed E-state index contributed by atoms with van der Waals surface area (Å²) in [6.45, 7) is 0.591. The zero-order valence-electron chi connectivity index (χ0n) is 18.7. The van der Waals surface area contributed by atoms with E-state index in [0.29, 0.717) is 30.0 Å². The molecule has 0 unspecified atom stereocenters. The maximum Gasteiger partial charge on any atom is 0.345 e. The number of benzene rings is 2. The first-order chi connectivity index (χ1) is 16.5. The largest absolute Gasteiger partial charge is 0.477 e. The fraction of sp³-hybridized carbons (Fsp3) is 0.259. The lowest BCUT2D eigenvalue weighted by Crippen LogP contribution is -2.33. The molecule has 176 valence electrons. The number of aromatic carboxylic acids is 1. The molecule has 2 heterocycles. The van der Waals surface area contributed by atoms with E-state index in [1.807, 2.05) is 47.4 Å². The van der Waals surface area contributed by atoms with E-state index < -0.39 is 12.1 Å². The molecule has 5 nitrogen and oxygen atoms in total. The van der Waals surface area contributed by atoms with Crippen LogP contribution in [0.25, 0.3) is 11.1 Å². The molecule has 1 fully saturated rings. The van der Waals surface area contributed by atoms with Crippen LogP contribution < -0.4 is 0 Å². The first kappa shape index (κ1) is 24.3. The zero-order chi connectivity index (χ0) is 23.9. The lowest BCUT2D eigenvalue weighted by atomic mass is 10.00. The second-order valence-corrected chi connectivity index (χ2v) is 10.7. The molecule has 7 heteroatoms. The van der Waals surface area contributed by atoms with Gasteiger partial charge in [-0.25, -0.2) is 4.79 Å². The topological polar surface area (TPSA) is 77.8 Å². The average molecular weight is 494 g/mol. The summed E-state index contributed by atoms with van der Waals surface area (Å²) in [6, 6.07) is 21.8. The summed E-state index contributed by atoms with van der Waals surface area (Å²) in [6.07, 6.45) is 4.90. The van der Waals surface area contributed by atoms with Crippen molar-refractivity contribution < 1.29 is 19.8 Å². The van der Waals surface area contributed by atoms with E-state index in [9.17, 15) is 14.7 Å². The van der Waals surface area contributed by atoms with Crippen molar-refractivity contribution in [3.05, 3.63) is 89.3 Å². The molecular weight excluding hydrogens is 466 g/mol. The van der Waals surface area contributed by atoms with Crippen LogP contribution in [-0.2, 0) is 11.2 Å². The molecule has 3 aromatic rings. The van der Waals surface area contributed by atoms with Crippen molar-refractivity contribution in [3.63, 3.8) is 0 Å². The molecule has 0 spiro atoms. The maximum atomic E-state index is 12.4. The van der Waals surface area contributed by atoms with Crippen LogP contribution in [0.4, 0.5) is 0 Å². The Bertz CT molecular complexity index is 1160. The Labute approximate surface area is 207 Å². The van der Waals surface area contributed by atoms with E-state index in [1.165, 1.54) is 11.3 Å². The van der Waals surface area contributed by atoms with Gasteiger partial charge < -0.3 is 15.1 Å². The number of aliphatic hydroxyl groups is 1. The summed E-state index contributed by atoms with van der Waals surface area (Å²) in [5.41, 5.74) is 3.33. The Morgan fingerprint density at radius 1 is 1.12 bits per heavy atom. The molecule has 0 radical (unpaired) electrons. The zero-order valence-corrected chi connectivity index (χ0v) is 20.3. The van der Waals surface area contributed by atoms with E-state index in [1.54, 1.807) is 23.9 Å². The van der Waals surface area contributed by atoms with Crippen molar-refractivity contribution in [3.8, 4) is 11.1 Å². The molecule has 4 rings (SSSR count). The number of nitrogens with zero attached hydrogens (tertiary/aromatic N) is 1. The van der Waals surface area contributed by atoms with Crippen molar-refractivity contribution in [1.82, 2.24) is 4.90 Å². The number of thiophene rings is 1. The standard InChI is InChI=1S/C27H27NO4S2/c29-23(18-19-5-4-8-21(17-19)20-6-2-1-3-7-20)11-9-22-10-13-25(30)28(22)15-16-33-26-14-12-24(34-26)27(31)32/h1-9,11-12,14,17,22-23,29H,10,13,15-16,18H2,(H,31,32)/b11-9+/t22-,23+/m0/s1. The van der Waals surface area contributed by atoms with Crippen LogP contribution >= 0.6 is 23.1 Å². The molecule has 2 N–H and O–H groups in total.